The Kier molecular flexibility index (Phi) is 4.35. The van der Waals surface area contributed by atoms with E-state index < -0.39 is 0 Å². The molecule has 3 unspecified atom stereocenters. The predicted molar refractivity (Wildman–Crippen MR) is 70.1 cm³/mol. The lowest BCUT2D eigenvalue weighted by Gasteiger charge is -2.22. The molecular formula is C13H24N4O. The zero-order chi connectivity index (χ0) is 13.1. The Labute approximate surface area is 109 Å². The maximum Gasteiger partial charge on any atom is 0.138 e. The first-order chi connectivity index (χ1) is 8.58. The van der Waals surface area contributed by atoms with E-state index in [1.54, 1.807) is 6.33 Å². The van der Waals surface area contributed by atoms with Crippen LogP contribution in [0.5, 0.6) is 0 Å². The van der Waals surface area contributed by atoms with E-state index >= 15 is 0 Å². The molecule has 1 saturated heterocycles. The van der Waals surface area contributed by atoms with Crippen LogP contribution in [0.15, 0.2) is 6.33 Å². The summed E-state index contributed by atoms with van der Waals surface area (Å²) in [5.41, 5.74) is 6.25. The van der Waals surface area contributed by atoms with E-state index in [0.717, 1.165) is 31.8 Å². The van der Waals surface area contributed by atoms with Crippen molar-refractivity contribution in [1.82, 2.24) is 14.8 Å². The Morgan fingerprint density at radius 3 is 2.94 bits per heavy atom. The topological polar surface area (TPSA) is 66.0 Å². The third-order valence-corrected chi connectivity index (χ3v) is 3.52. The lowest BCUT2D eigenvalue weighted by molar-refractivity contribution is 0.0717. The molecule has 1 aliphatic rings. The smallest absolute Gasteiger partial charge is 0.138 e. The number of aromatic nitrogens is 3. The largest absolute Gasteiger partial charge is 0.376 e. The highest BCUT2D eigenvalue weighted by molar-refractivity contribution is 4.94. The number of ether oxygens (including phenoxy) is 1. The van der Waals surface area contributed by atoms with Crippen molar-refractivity contribution < 1.29 is 4.74 Å². The van der Waals surface area contributed by atoms with Crippen LogP contribution in [0.4, 0.5) is 0 Å². The van der Waals surface area contributed by atoms with Crippen LogP contribution in [0.3, 0.4) is 0 Å². The third kappa shape index (κ3) is 3.09. The first-order valence-corrected chi connectivity index (χ1v) is 6.81. The minimum Gasteiger partial charge on any atom is -0.376 e. The third-order valence-electron chi connectivity index (χ3n) is 3.52. The highest BCUT2D eigenvalue weighted by Crippen LogP contribution is 2.23. The quantitative estimate of drug-likeness (QED) is 0.856. The molecule has 1 aliphatic heterocycles. The summed E-state index contributed by atoms with van der Waals surface area (Å²) in [6, 6.07) is 0.0117. The summed E-state index contributed by atoms with van der Waals surface area (Å²) >= 11 is 0. The lowest BCUT2D eigenvalue weighted by atomic mass is 9.96. The van der Waals surface area contributed by atoms with Gasteiger partial charge in [-0.1, -0.05) is 20.8 Å². The van der Waals surface area contributed by atoms with Gasteiger partial charge in [0.25, 0.3) is 0 Å². The van der Waals surface area contributed by atoms with Gasteiger partial charge in [-0.25, -0.2) is 9.67 Å². The van der Waals surface area contributed by atoms with E-state index in [2.05, 4.69) is 30.9 Å². The normalized spacial score (nSPS) is 25.8. The number of nitrogens with zero attached hydrogens (tertiary/aromatic N) is 3. The van der Waals surface area contributed by atoms with Crippen LogP contribution in [-0.2, 0) is 17.7 Å². The summed E-state index contributed by atoms with van der Waals surface area (Å²) in [5.74, 6) is 2.07. The second-order valence-electron chi connectivity index (χ2n) is 5.72. The molecule has 0 amide bonds. The molecule has 2 N–H and O–H groups in total. The highest BCUT2D eigenvalue weighted by atomic mass is 16.5. The molecule has 5 nitrogen and oxygen atoms in total. The molecule has 2 rings (SSSR count). The zero-order valence-corrected chi connectivity index (χ0v) is 11.5. The minimum absolute atomic E-state index is 0.0117. The van der Waals surface area contributed by atoms with Crippen LogP contribution in [0.25, 0.3) is 0 Å². The van der Waals surface area contributed by atoms with Gasteiger partial charge in [-0.05, 0) is 18.3 Å². The molecule has 0 saturated carbocycles. The molecule has 0 radical (unpaired) electrons. The van der Waals surface area contributed by atoms with Crippen LogP contribution in [0.2, 0.25) is 0 Å². The molecule has 18 heavy (non-hydrogen) atoms. The van der Waals surface area contributed by atoms with Crippen molar-refractivity contribution in [2.75, 3.05) is 6.61 Å². The van der Waals surface area contributed by atoms with Gasteiger partial charge in [0.1, 0.15) is 12.2 Å². The summed E-state index contributed by atoms with van der Waals surface area (Å²) < 4.78 is 7.68. The van der Waals surface area contributed by atoms with E-state index in [-0.39, 0.29) is 12.1 Å². The molecule has 102 valence electrons. The first-order valence-electron chi connectivity index (χ1n) is 6.81. The van der Waals surface area contributed by atoms with E-state index in [0.29, 0.717) is 11.8 Å². The van der Waals surface area contributed by atoms with Crippen molar-refractivity contribution >= 4 is 0 Å². The fourth-order valence-electron chi connectivity index (χ4n) is 2.54. The van der Waals surface area contributed by atoms with E-state index in [4.69, 9.17) is 10.5 Å². The number of hydrogen-bond acceptors (Lipinski definition) is 4. The summed E-state index contributed by atoms with van der Waals surface area (Å²) in [6.45, 7) is 8.28. The second kappa shape index (κ2) is 5.80. The van der Waals surface area contributed by atoms with Crippen LogP contribution in [0.1, 0.15) is 33.0 Å². The molecule has 1 aromatic rings. The summed E-state index contributed by atoms with van der Waals surface area (Å²) in [7, 11) is 0. The lowest BCUT2D eigenvalue weighted by Crippen LogP contribution is -2.40. The molecule has 1 aromatic heterocycles. The van der Waals surface area contributed by atoms with Crippen molar-refractivity contribution in [3.05, 3.63) is 12.2 Å². The van der Waals surface area contributed by atoms with Crippen LogP contribution in [-0.4, -0.2) is 33.5 Å². The summed E-state index contributed by atoms with van der Waals surface area (Å²) in [4.78, 5) is 4.32. The Hall–Kier alpha value is -0.940. The minimum atomic E-state index is 0.0117. The van der Waals surface area contributed by atoms with Crippen molar-refractivity contribution in [2.45, 2.75) is 52.3 Å². The van der Waals surface area contributed by atoms with Crippen molar-refractivity contribution in [3.8, 4) is 0 Å². The molecule has 0 aliphatic carbocycles. The fourth-order valence-corrected chi connectivity index (χ4v) is 2.54. The maximum absolute atomic E-state index is 6.25. The van der Waals surface area contributed by atoms with Gasteiger partial charge in [0.15, 0.2) is 0 Å². The Balaban J connectivity index is 1.98. The maximum atomic E-state index is 6.25. The van der Waals surface area contributed by atoms with Gasteiger partial charge in [-0.2, -0.15) is 5.10 Å². The van der Waals surface area contributed by atoms with Gasteiger partial charge in [0, 0.05) is 25.6 Å². The first kappa shape index (κ1) is 13.5. The Bertz CT molecular complexity index is 377. The van der Waals surface area contributed by atoms with E-state index in [1.807, 2.05) is 4.68 Å². The molecular weight excluding hydrogens is 228 g/mol. The summed E-state index contributed by atoms with van der Waals surface area (Å²) in [5, 5.41) is 4.26. The monoisotopic (exact) mass is 252 g/mol. The molecule has 2 heterocycles. The van der Waals surface area contributed by atoms with E-state index in [9.17, 15) is 0 Å². The predicted octanol–water partition coefficient (Wildman–Crippen LogP) is 1.23. The summed E-state index contributed by atoms with van der Waals surface area (Å²) in [6.07, 6.45) is 3.62. The standard InChI is InChI=1S/C13H24N4O/c1-9(2)7-17-12(15-8-16-17)6-11(14)13-10(3)4-5-18-13/h8-11,13H,4-7,14H2,1-3H3. The van der Waals surface area contributed by atoms with Gasteiger partial charge in [-0.3, -0.25) is 0 Å². The SMILES string of the molecule is CC(C)Cn1ncnc1CC(N)C1OCCC1C. The second-order valence-corrected chi connectivity index (χ2v) is 5.72. The molecule has 3 atom stereocenters. The average Bonchev–Trinajstić information content (AvgIpc) is 2.88. The van der Waals surface area contributed by atoms with Crippen LogP contribution in [0, 0.1) is 11.8 Å². The van der Waals surface area contributed by atoms with Gasteiger partial charge in [-0.15, -0.1) is 0 Å². The van der Waals surface area contributed by atoms with Gasteiger partial charge in [0.05, 0.1) is 6.10 Å². The molecule has 5 heteroatoms. The van der Waals surface area contributed by atoms with E-state index in [1.165, 1.54) is 0 Å². The number of nitrogens with two attached hydrogens (primary N) is 1. The van der Waals surface area contributed by atoms with Crippen molar-refractivity contribution in [2.24, 2.45) is 17.6 Å². The molecule has 0 aromatic carbocycles. The highest BCUT2D eigenvalue weighted by Gasteiger charge is 2.30. The fraction of sp³-hybridized carbons (Fsp3) is 0.846. The number of hydrogen-bond donors (Lipinski definition) is 1. The van der Waals surface area contributed by atoms with Crippen LogP contribution >= 0.6 is 0 Å². The average molecular weight is 252 g/mol. The van der Waals surface area contributed by atoms with Gasteiger partial charge in [0.2, 0.25) is 0 Å². The van der Waals surface area contributed by atoms with Crippen molar-refractivity contribution in [3.63, 3.8) is 0 Å². The number of rotatable bonds is 5. The van der Waals surface area contributed by atoms with Crippen LogP contribution < -0.4 is 5.73 Å². The molecule has 0 spiro atoms. The van der Waals surface area contributed by atoms with Crippen molar-refractivity contribution in [1.29, 1.82) is 0 Å². The zero-order valence-electron chi connectivity index (χ0n) is 11.5. The Morgan fingerprint density at radius 1 is 1.56 bits per heavy atom. The molecule has 0 bridgehead atoms. The molecule has 1 fully saturated rings. The van der Waals surface area contributed by atoms with Gasteiger partial charge >= 0.3 is 0 Å². The van der Waals surface area contributed by atoms with Gasteiger partial charge < -0.3 is 10.5 Å². The Morgan fingerprint density at radius 2 is 2.33 bits per heavy atom.